The van der Waals surface area contributed by atoms with Gasteiger partial charge in [0, 0.05) is 18.7 Å². The second kappa shape index (κ2) is 8.12. The molecule has 0 unspecified atom stereocenters. The maximum absolute atomic E-state index is 5.47. The van der Waals surface area contributed by atoms with Gasteiger partial charge in [-0.1, -0.05) is 41.6 Å². The quantitative estimate of drug-likeness (QED) is 0.392. The van der Waals surface area contributed by atoms with E-state index in [0.717, 1.165) is 5.56 Å². The first-order valence-electron chi connectivity index (χ1n) is 7.55. The fraction of sp³-hybridized carbons (Fsp3) is 0.125. The van der Waals surface area contributed by atoms with Crippen LogP contribution in [0.2, 0.25) is 0 Å². The van der Waals surface area contributed by atoms with Crippen molar-refractivity contribution in [2.75, 3.05) is 0 Å². The molecule has 0 fully saturated rings. The molecule has 2 heterocycles. The maximum atomic E-state index is 5.47. The number of benzene rings is 1. The van der Waals surface area contributed by atoms with Gasteiger partial charge in [0.1, 0.15) is 0 Å². The van der Waals surface area contributed by atoms with Gasteiger partial charge in [0.2, 0.25) is 11.7 Å². The van der Waals surface area contributed by atoms with Gasteiger partial charge in [-0.05, 0) is 28.7 Å². The summed E-state index contributed by atoms with van der Waals surface area (Å²) in [6.45, 7) is 0.121. The van der Waals surface area contributed by atoms with Gasteiger partial charge in [0.15, 0.2) is 12.3 Å². The predicted octanol–water partition coefficient (Wildman–Crippen LogP) is 1.20. The third-order valence-corrected chi connectivity index (χ3v) is 3.32. The van der Waals surface area contributed by atoms with E-state index in [1.54, 1.807) is 25.2 Å². The number of hydrogen-bond acceptors (Lipinski definition) is 8. The van der Waals surface area contributed by atoms with Crippen LogP contribution in [0.15, 0.2) is 53.7 Å². The number of rotatable bonds is 6. The van der Waals surface area contributed by atoms with Gasteiger partial charge in [-0.2, -0.15) is 0 Å². The van der Waals surface area contributed by atoms with E-state index >= 15 is 0 Å². The molecule has 0 atom stereocenters. The molecule has 0 amide bonds. The molecule has 0 bridgehead atoms. The zero-order valence-corrected chi connectivity index (χ0v) is 14.6. The summed E-state index contributed by atoms with van der Waals surface area (Å²) in [5.74, 6) is 0.776. The fourth-order valence-corrected chi connectivity index (χ4v) is 2.19. The maximum Gasteiger partial charge on any atom is 0.260 e. The molecule has 2 N–H and O–H groups in total. The number of oxime groups is 1. The highest BCUT2D eigenvalue weighted by Gasteiger charge is 2.14. The smallest absolute Gasteiger partial charge is 0.260 e. The molecular formula is C16H15N7O2S. The van der Waals surface area contributed by atoms with Crippen LogP contribution in [-0.2, 0) is 18.5 Å². The molecule has 2 aromatic heterocycles. The highest BCUT2D eigenvalue weighted by Crippen LogP contribution is 2.11. The molecule has 132 valence electrons. The summed E-state index contributed by atoms with van der Waals surface area (Å²) in [6.07, 6.45) is 0. The first-order valence-corrected chi connectivity index (χ1v) is 7.95. The Labute approximate surface area is 154 Å². The number of nitrogens with zero attached hydrogens (tertiary/aromatic N) is 6. The lowest BCUT2D eigenvalue weighted by Gasteiger charge is -2.06. The van der Waals surface area contributed by atoms with E-state index in [2.05, 4.69) is 25.7 Å². The van der Waals surface area contributed by atoms with E-state index in [9.17, 15) is 0 Å². The molecule has 9 nitrogen and oxygen atoms in total. The van der Waals surface area contributed by atoms with Gasteiger partial charge in [0.25, 0.3) is 5.17 Å². The van der Waals surface area contributed by atoms with Crippen LogP contribution in [0.3, 0.4) is 0 Å². The van der Waals surface area contributed by atoms with Crippen LogP contribution in [0.1, 0.15) is 17.1 Å². The molecule has 0 aliphatic heterocycles. The van der Waals surface area contributed by atoms with E-state index in [-0.39, 0.29) is 11.8 Å². The van der Waals surface area contributed by atoms with Crippen LogP contribution in [-0.4, -0.2) is 36.1 Å². The summed E-state index contributed by atoms with van der Waals surface area (Å²) >= 11 is 4.70. The summed E-state index contributed by atoms with van der Waals surface area (Å²) in [4.78, 5) is 9.71. The molecule has 0 radical (unpaired) electrons. The number of hydrogen-bond donors (Lipinski definition) is 1. The van der Waals surface area contributed by atoms with Crippen molar-refractivity contribution in [1.29, 1.82) is 0 Å². The molecule has 0 aliphatic rings. The minimum absolute atomic E-state index is 0.102. The van der Waals surface area contributed by atoms with Gasteiger partial charge in [0.05, 0.1) is 5.69 Å². The molecule has 3 aromatic rings. The standard InChI is InChI=1S/C16H15N7O2S/c1-23-15(19-21-22-23)14(11-6-3-2-4-7-11)20-24-10-12-8-5-9-13(18-12)25-16(17)26/h2-9H,10H2,1H3,(H2,17,26). The van der Waals surface area contributed by atoms with Crippen molar-refractivity contribution in [2.45, 2.75) is 6.61 Å². The molecule has 3 rings (SSSR count). The third-order valence-electron chi connectivity index (χ3n) is 3.23. The van der Waals surface area contributed by atoms with Gasteiger partial charge in [-0.15, -0.1) is 5.10 Å². The summed E-state index contributed by atoms with van der Waals surface area (Å²) in [6, 6.07) is 14.7. The van der Waals surface area contributed by atoms with Crippen molar-refractivity contribution < 1.29 is 9.57 Å². The van der Waals surface area contributed by atoms with Crippen molar-refractivity contribution in [1.82, 2.24) is 25.2 Å². The summed E-state index contributed by atoms with van der Waals surface area (Å²) in [5, 5.41) is 15.6. The Balaban J connectivity index is 1.80. The van der Waals surface area contributed by atoms with E-state index < -0.39 is 0 Å². The van der Waals surface area contributed by atoms with E-state index in [4.69, 9.17) is 27.5 Å². The summed E-state index contributed by atoms with van der Waals surface area (Å²) < 4.78 is 6.62. The van der Waals surface area contributed by atoms with E-state index in [0.29, 0.717) is 23.1 Å². The summed E-state index contributed by atoms with van der Waals surface area (Å²) in [7, 11) is 1.73. The van der Waals surface area contributed by atoms with Crippen LogP contribution in [0.4, 0.5) is 0 Å². The van der Waals surface area contributed by atoms with Crippen molar-refractivity contribution in [2.24, 2.45) is 17.9 Å². The third kappa shape index (κ3) is 4.36. The van der Waals surface area contributed by atoms with Gasteiger partial charge < -0.3 is 15.3 Å². The Morgan fingerprint density at radius 1 is 1.19 bits per heavy atom. The second-order valence-corrected chi connectivity index (χ2v) is 5.50. The normalized spacial score (nSPS) is 11.2. The minimum atomic E-state index is -0.102. The van der Waals surface area contributed by atoms with Crippen LogP contribution in [0.5, 0.6) is 5.88 Å². The first kappa shape index (κ1) is 17.4. The number of aryl methyl sites for hydroxylation is 1. The van der Waals surface area contributed by atoms with E-state index in [1.807, 2.05) is 30.3 Å². The van der Waals surface area contributed by atoms with Crippen molar-refractivity contribution in [3.8, 4) is 5.88 Å². The van der Waals surface area contributed by atoms with E-state index in [1.165, 1.54) is 4.68 Å². The number of nitrogens with two attached hydrogens (primary N) is 1. The molecular weight excluding hydrogens is 354 g/mol. The van der Waals surface area contributed by atoms with Crippen LogP contribution >= 0.6 is 12.2 Å². The molecule has 0 saturated carbocycles. The van der Waals surface area contributed by atoms with Crippen LogP contribution in [0.25, 0.3) is 0 Å². The lowest BCUT2D eigenvalue weighted by atomic mass is 10.1. The summed E-state index contributed by atoms with van der Waals surface area (Å²) in [5.41, 5.74) is 7.28. The first-order chi connectivity index (χ1) is 12.6. The largest absolute Gasteiger partial charge is 0.413 e. The molecule has 0 aliphatic carbocycles. The lowest BCUT2D eigenvalue weighted by Crippen LogP contribution is -2.16. The average Bonchev–Trinajstić information content (AvgIpc) is 3.05. The van der Waals surface area contributed by atoms with Crippen molar-refractivity contribution in [3.05, 3.63) is 65.6 Å². The SMILES string of the molecule is Cn1nnnc1C(=NOCc1cccc(OC(N)=S)n1)c1ccccc1. The average molecular weight is 369 g/mol. The van der Waals surface area contributed by atoms with Crippen molar-refractivity contribution in [3.63, 3.8) is 0 Å². The minimum Gasteiger partial charge on any atom is -0.413 e. The molecule has 0 saturated heterocycles. The van der Waals surface area contributed by atoms with Gasteiger partial charge in [-0.25, -0.2) is 9.67 Å². The molecule has 10 heteroatoms. The number of tetrazole rings is 1. The monoisotopic (exact) mass is 369 g/mol. The molecule has 1 aromatic carbocycles. The Kier molecular flexibility index (Phi) is 5.44. The van der Waals surface area contributed by atoms with Crippen molar-refractivity contribution >= 4 is 23.1 Å². The highest BCUT2D eigenvalue weighted by atomic mass is 32.1. The predicted molar refractivity (Wildman–Crippen MR) is 97.3 cm³/mol. The number of thiocarbonyl (C=S) groups is 1. The Hall–Kier alpha value is -3.40. The zero-order valence-electron chi connectivity index (χ0n) is 13.8. The Bertz CT molecular complexity index is 927. The highest BCUT2D eigenvalue weighted by molar-refractivity contribution is 7.80. The number of ether oxygens (including phenoxy) is 1. The second-order valence-electron chi connectivity index (χ2n) is 5.09. The lowest BCUT2D eigenvalue weighted by molar-refractivity contribution is 0.127. The Morgan fingerprint density at radius 3 is 2.69 bits per heavy atom. The van der Waals surface area contributed by atoms with Crippen LogP contribution < -0.4 is 10.5 Å². The molecule has 26 heavy (non-hydrogen) atoms. The Morgan fingerprint density at radius 2 is 2.00 bits per heavy atom. The van der Waals surface area contributed by atoms with Gasteiger partial charge >= 0.3 is 0 Å². The number of aromatic nitrogens is 5. The fourth-order valence-electron chi connectivity index (χ4n) is 2.11. The van der Waals surface area contributed by atoms with Crippen LogP contribution in [0, 0.1) is 0 Å². The zero-order chi connectivity index (χ0) is 18.4. The topological polar surface area (TPSA) is 113 Å². The molecule has 0 spiro atoms. The number of pyridine rings is 1. The van der Waals surface area contributed by atoms with Gasteiger partial charge in [-0.3, -0.25) is 0 Å².